The van der Waals surface area contributed by atoms with Crippen molar-refractivity contribution in [1.82, 2.24) is 14.8 Å². The fraction of sp³-hybridized carbons (Fsp3) is 0.391. The molecule has 5 heteroatoms. The van der Waals surface area contributed by atoms with Gasteiger partial charge in [0.15, 0.2) is 0 Å². The minimum atomic E-state index is 0.667. The van der Waals surface area contributed by atoms with Crippen molar-refractivity contribution in [2.45, 2.75) is 33.4 Å². The van der Waals surface area contributed by atoms with Gasteiger partial charge in [0.1, 0.15) is 0 Å². The maximum Gasteiger partial charge on any atom is 0.0491 e. The Bertz CT molecular complexity index is 900. The first-order valence-corrected chi connectivity index (χ1v) is 10.8. The summed E-state index contributed by atoms with van der Waals surface area (Å²) in [5.41, 5.74) is 3.63. The highest BCUT2D eigenvalue weighted by molar-refractivity contribution is 6.35. The van der Waals surface area contributed by atoms with Gasteiger partial charge in [-0.25, -0.2) is 0 Å². The quantitative estimate of drug-likeness (QED) is 0.419. The molecule has 1 heterocycles. The summed E-state index contributed by atoms with van der Waals surface area (Å²) in [6.45, 7) is 10.5. The summed E-state index contributed by atoms with van der Waals surface area (Å²) in [5.74, 6) is 0. The average molecular weight is 418 g/mol. The van der Waals surface area contributed by atoms with E-state index in [1.165, 1.54) is 22.9 Å². The van der Waals surface area contributed by atoms with Gasteiger partial charge in [0, 0.05) is 40.2 Å². The second-order valence-electron chi connectivity index (χ2n) is 7.09. The molecular formula is C23H29Cl2N3. The van der Waals surface area contributed by atoms with Crippen LogP contribution in [0.5, 0.6) is 0 Å². The standard InChI is InChI=1S/C23H29Cl2N3/c1-3-27(4-2)13-7-12-26-15-19-17-28(23-9-6-5-8-21(19)23)16-18-10-11-20(24)14-22(18)25/h5-6,8-11,14,17,26H,3-4,7,12-13,15-16H2,1-2H3. The molecule has 1 N–H and O–H groups in total. The first-order chi connectivity index (χ1) is 13.6. The molecule has 0 radical (unpaired) electrons. The van der Waals surface area contributed by atoms with Gasteiger partial charge in [-0.2, -0.15) is 0 Å². The van der Waals surface area contributed by atoms with Gasteiger partial charge >= 0.3 is 0 Å². The molecule has 0 atom stereocenters. The zero-order valence-electron chi connectivity index (χ0n) is 16.7. The Hall–Kier alpha value is -1.52. The van der Waals surface area contributed by atoms with Crippen LogP contribution in [0, 0.1) is 0 Å². The first-order valence-electron chi connectivity index (χ1n) is 10.1. The molecule has 2 aromatic carbocycles. The smallest absolute Gasteiger partial charge is 0.0491 e. The number of halogens is 2. The topological polar surface area (TPSA) is 20.2 Å². The SMILES string of the molecule is CCN(CC)CCCNCc1cn(Cc2ccc(Cl)cc2Cl)c2ccccc12. The Labute approximate surface area is 178 Å². The van der Waals surface area contributed by atoms with Crippen LogP contribution in [-0.4, -0.2) is 35.6 Å². The van der Waals surface area contributed by atoms with Gasteiger partial charge in [-0.3, -0.25) is 0 Å². The molecule has 0 amide bonds. The van der Waals surface area contributed by atoms with Gasteiger partial charge in [-0.1, -0.05) is 61.3 Å². The number of hydrogen-bond donors (Lipinski definition) is 1. The molecule has 0 saturated heterocycles. The summed E-state index contributed by atoms with van der Waals surface area (Å²) in [6, 6.07) is 14.3. The molecule has 0 spiro atoms. The van der Waals surface area contributed by atoms with Crippen LogP contribution in [0.4, 0.5) is 0 Å². The van der Waals surface area contributed by atoms with Crippen LogP contribution in [0.2, 0.25) is 10.0 Å². The van der Waals surface area contributed by atoms with E-state index >= 15 is 0 Å². The normalized spacial score (nSPS) is 11.6. The van der Waals surface area contributed by atoms with E-state index in [0.717, 1.165) is 44.8 Å². The Morgan fingerprint density at radius 2 is 1.79 bits per heavy atom. The number of nitrogens with zero attached hydrogens (tertiary/aromatic N) is 2. The lowest BCUT2D eigenvalue weighted by Crippen LogP contribution is -2.27. The van der Waals surface area contributed by atoms with Crippen molar-refractivity contribution >= 4 is 34.1 Å². The summed E-state index contributed by atoms with van der Waals surface area (Å²) < 4.78 is 2.28. The Balaban J connectivity index is 1.68. The third-order valence-electron chi connectivity index (χ3n) is 5.26. The lowest BCUT2D eigenvalue weighted by molar-refractivity contribution is 0.298. The van der Waals surface area contributed by atoms with Crippen molar-refractivity contribution in [2.24, 2.45) is 0 Å². The molecule has 0 aliphatic rings. The third-order valence-corrected chi connectivity index (χ3v) is 5.85. The Morgan fingerprint density at radius 3 is 2.54 bits per heavy atom. The zero-order chi connectivity index (χ0) is 19.9. The largest absolute Gasteiger partial charge is 0.343 e. The van der Waals surface area contributed by atoms with Crippen molar-refractivity contribution < 1.29 is 0 Å². The van der Waals surface area contributed by atoms with Gasteiger partial charge < -0.3 is 14.8 Å². The molecule has 0 bridgehead atoms. The van der Waals surface area contributed by atoms with E-state index < -0.39 is 0 Å². The second-order valence-corrected chi connectivity index (χ2v) is 7.94. The average Bonchev–Trinajstić information content (AvgIpc) is 3.05. The van der Waals surface area contributed by atoms with E-state index in [-0.39, 0.29) is 0 Å². The Morgan fingerprint density at radius 1 is 1.00 bits per heavy atom. The molecule has 0 aliphatic carbocycles. The predicted molar refractivity (Wildman–Crippen MR) is 122 cm³/mol. The van der Waals surface area contributed by atoms with Crippen LogP contribution in [0.1, 0.15) is 31.4 Å². The monoisotopic (exact) mass is 417 g/mol. The van der Waals surface area contributed by atoms with E-state index in [1.807, 2.05) is 18.2 Å². The van der Waals surface area contributed by atoms with Gasteiger partial charge in [0.05, 0.1) is 0 Å². The molecule has 0 fully saturated rings. The van der Waals surface area contributed by atoms with Crippen LogP contribution in [-0.2, 0) is 13.1 Å². The molecule has 150 valence electrons. The number of nitrogens with one attached hydrogen (secondary N) is 1. The van der Waals surface area contributed by atoms with E-state index in [9.17, 15) is 0 Å². The number of fused-ring (bicyclic) bond motifs is 1. The summed E-state index contributed by atoms with van der Waals surface area (Å²) in [5, 5.41) is 6.28. The number of para-hydroxylation sites is 1. The van der Waals surface area contributed by atoms with E-state index in [4.69, 9.17) is 23.2 Å². The van der Waals surface area contributed by atoms with Gasteiger partial charge in [-0.15, -0.1) is 0 Å². The molecule has 28 heavy (non-hydrogen) atoms. The van der Waals surface area contributed by atoms with Gasteiger partial charge in [0.25, 0.3) is 0 Å². The van der Waals surface area contributed by atoms with Crippen molar-refractivity contribution in [3.05, 3.63) is 69.8 Å². The predicted octanol–water partition coefficient (Wildman–Crippen LogP) is 5.82. The van der Waals surface area contributed by atoms with Crippen molar-refractivity contribution in [3.8, 4) is 0 Å². The van der Waals surface area contributed by atoms with Crippen LogP contribution in [0.25, 0.3) is 10.9 Å². The fourth-order valence-electron chi connectivity index (χ4n) is 3.62. The minimum absolute atomic E-state index is 0.667. The number of aromatic nitrogens is 1. The van der Waals surface area contributed by atoms with Crippen molar-refractivity contribution in [3.63, 3.8) is 0 Å². The second kappa shape index (κ2) is 10.3. The van der Waals surface area contributed by atoms with Gasteiger partial charge in [-0.05, 0) is 61.9 Å². The molecule has 3 nitrogen and oxygen atoms in total. The van der Waals surface area contributed by atoms with E-state index in [0.29, 0.717) is 10.0 Å². The van der Waals surface area contributed by atoms with E-state index in [1.54, 1.807) is 0 Å². The highest BCUT2D eigenvalue weighted by atomic mass is 35.5. The summed E-state index contributed by atoms with van der Waals surface area (Å²) in [7, 11) is 0. The summed E-state index contributed by atoms with van der Waals surface area (Å²) in [6.07, 6.45) is 3.41. The highest BCUT2D eigenvalue weighted by Crippen LogP contribution is 2.26. The van der Waals surface area contributed by atoms with Crippen LogP contribution >= 0.6 is 23.2 Å². The summed E-state index contributed by atoms with van der Waals surface area (Å²) in [4.78, 5) is 2.46. The molecule has 0 unspecified atom stereocenters. The molecule has 3 rings (SSSR count). The first kappa shape index (κ1) is 21.2. The third kappa shape index (κ3) is 5.30. The lowest BCUT2D eigenvalue weighted by atomic mass is 10.2. The molecule has 1 aromatic heterocycles. The minimum Gasteiger partial charge on any atom is -0.343 e. The maximum atomic E-state index is 6.39. The number of hydrogen-bond acceptors (Lipinski definition) is 2. The zero-order valence-corrected chi connectivity index (χ0v) is 18.2. The fourth-order valence-corrected chi connectivity index (χ4v) is 4.09. The van der Waals surface area contributed by atoms with Crippen LogP contribution < -0.4 is 5.32 Å². The van der Waals surface area contributed by atoms with Crippen LogP contribution in [0.3, 0.4) is 0 Å². The number of rotatable bonds is 10. The molecule has 3 aromatic rings. The lowest BCUT2D eigenvalue weighted by Gasteiger charge is -2.17. The van der Waals surface area contributed by atoms with Crippen molar-refractivity contribution in [1.29, 1.82) is 0 Å². The number of benzene rings is 2. The molecular weight excluding hydrogens is 389 g/mol. The van der Waals surface area contributed by atoms with Gasteiger partial charge in [0.2, 0.25) is 0 Å². The summed E-state index contributed by atoms with van der Waals surface area (Å²) >= 11 is 12.4. The highest BCUT2D eigenvalue weighted by Gasteiger charge is 2.10. The molecule has 0 aliphatic heterocycles. The molecule has 0 saturated carbocycles. The maximum absolute atomic E-state index is 6.39. The van der Waals surface area contributed by atoms with Crippen molar-refractivity contribution in [2.75, 3.05) is 26.2 Å². The Kier molecular flexibility index (Phi) is 7.81. The van der Waals surface area contributed by atoms with Crippen LogP contribution in [0.15, 0.2) is 48.7 Å². The van der Waals surface area contributed by atoms with E-state index in [2.05, 4.69) is 59.1 Å².